The van der Waals surface area contributed by atoms with Crippen molar-refractivity contribution in [3.05, 3.63) is 30.3 Å². The molecule has 3 nitrogen and oxygen atoms in total. The van der Waals surface area contributed by atoms with Crippen molar-refractivity contribution in [2.45, 2.75) is 0 Å². The molecule has 0 amide bonds. The summed E-state index contributed by atoms with van der Waals surface area (Å²) in [7, 11) is 0. The van der Waals surface area contributed by atoms with Gasteiger partial charge in [-0.05, 0) is 12.1 Å². The van der Waals surface area contributed by atoms with Crippen LogP contribution in [0.2, 0.25) is 0 Å². The number of ether oxygens (including phenoxy) is 2. The van der Waals surface area contributed by atoms with Crippen LogP contribution in [0.4, 0.5) is 0 Å². The van der Waals surface area contributed by atoms with Gasteiger partial charge in [-0.1, -0.05) is 18.2 Å². The first-order chi connectivity index (χ1) is 6.93. The second-order valence-electron chi connectivity index (χ2n) is 2.59. The molecule has 1 aromatic rings. The fourth-order valence-electron chi connectivity index (χ4n) is 0.928. The molecule has 0 radical (unpaired) electrons. The average molecular weight is 308 g/mol. The number of hydrogen-bond acceptors (Lipinski definition) is 3. The zero-order chi connectivity index (χ0) is 10.1. The third kappa shape index (κ3) is 5.41. The van der Waals surface area contributed by atoms with Gasteiger partial charge < -0.3 is 12.5 Å². The Morgan fingerprint density at radius 3 is 2.36 bits per heavy atom. The van der Waals surface area contributed by atoms with Crippen LogP contribution < -0.4 is 4.74 Å². The second-order valence-corrected chi connectivity index (χ2v) is 3.21. The molecule has 0 aromatic heterocycles. The van der Waals surface area contributed by atoms with Crippen LogP contribution in [0.5, 0.6) is 5.75 Å². The number of halogens is 1. The zero-order valence-corrected chi connectivity index (χ0v) is 9.98. The fraction of sp³-hybridized carbons (Fsp3) is 0.400. The minimum atomic E-state index is 0.575. The lowest BCUT2D eigenvalue weighted by molar-refractivity contribution is 0.0854. The van der Waals surface area contributed by atoms with E-state index < -0.39 is 0 Å². The summed E-state index contributed by atoms with van der Waals surface area (Å²) in [5.74, 6) is 0.876. The highest BCUT2D eigenvalue weighted by Gasteiger charge is 1.91. The van der Waals surface area contributed by atoms with Crippen LogP contribution in [0.25, 0.3) is 0 Å². The van der Waals surface area contributed by atoms with E-state index in [2.05, 4.69) is 0 Å². The van der Waals surface area contributed by atoms with Crippen molar-refractivity contribution in [1.29, 1.82) is 0 Å². The van der Waals surface area contributed by atoms with Gasteiger partial charge in [0.05, 0.1) is 19.8 Å². The number of rotatable bonds is 7. The number of para-hydroxylation sites is 1. The maximum Gasteiger partial charge on any atom is 0.119 e. The number of hydrogen-bond donors (Lipinski definition) is 0. The van der Waals surface area contributed by atoms with Gasteiger partial charge in [-0.3, -0.25) is 0 Å². The highest BCUT2D eigenvalue weighted by Crippen LogP contribution is 2.07. The molecule has 4 heteroatoms. The van der Waals surface area contributed by atoms with E-state index in [0.29, 0.717) is 26.4 Å². The second kappa shape index (κ2) is 8.02. The first-order valence-electron chi connectivity index (χ1n) is 4.42. The normalized spacial score (nSPS) is 10.1. The molecular formula is C10H13IO3. The predicted molar refractivity (Wildman–Crippen MR) is 62.7 cm³/mol. The Morgan fingerprint density at radius 2 is 1.64 bits per heavy atom. The minimum absolute atomic E-state index is 0.575. The lowest BCUT2D eigenvalue weighted by atomic mass is 10.3. The predicted octanol–water partition coefficient (Wildman–Crippen LogP) is 2.45. The third-order valence-corrected chi connectivity index (χ3v) is 1.98. The maximum absolute atomic E-state index is 5.42. The molecule has 0 aliphatic rings. The van der Waals surface area contributed by atoms with Gasteiger partial charge >= 0.3 is 0 Å². The number of benzene rings is 1. The zero-order valence-electron chi connectivity index (χ0n) is 7.82. The molecule has 0 spiro atoms. The quantitative estimate of drug-likeness (QED) is 0.572. The molecule has 0 bridgehead atoms. The highest BCUT2D eigenvalue weighted by atomic mass is 127. The Hall–Kier alpha value is -0.330. The first kappa shape index (κ1) is 11.7. The molecule has 0 aliphatic heterocycles. The van der Waals surface area contributed by atoms with Crippen molar-refractivity contribution in [2.75, 3.05) is 26.4 Å². The standard InChI is InChI=1S/C10H13IO3/c11-14-9-7-12-6-8-13-10-4-2-1-3-5-10/h1-5H,6-9H2. The van der Waals surface area contributed by atoms with Crippen LogP contribution in [0.3, 0.4) is 0 Å². The molecule has 0 saturated heterocycles. The molecule has 0 saturated carbocycles. The summed E-state index contributed by atoms with van der Waals surface area (Å²) in [6.07, 6.45) is 0. The van der Waals surface area contributed by atoms with Gasteiger partial charge in [-0.2, -0.15) is 0 Å². The van der Waals surface area contributed by atoms with Crippen LogP contribution in [0.1, 0.15) is 0 Å². The van der Waals surface area contributed by atoms with E-state index in [1.165, 1.54) is 0 Å². The van der Waals surface area contributed by atoms with Crippen molar-refractivity contribution in [3.63, 3.8) is 0 Å². The Morgan fingerprint density at radius 1 is 0.929 bits per heavy atom. The van der Waals surface area contributed by atoms with Gasteiger partial charge in [-0.15, -0.1) is 0 Å². The van der Waals surface area contributed by atoms with Crippen molar-refractivity contribution >= 4 is 23.0 Å². The summed E-state index contributed by atoms with van der Waals surface area (Å²) < 4.78 is 15.5. The molecule has 0 unspecified atom stereocenters. The Kier molecular flexibility index (Phi) is 6.73. The van der Waals surface area contributed by atoms with Crippen LogP contribution in [0, 0.1) is 0 Å². The Bertz CT molecular complexity index is 228. The van der Waals surface area contributed by atoms with Crippen molar-refractivity contribution in [1.82, 2.24) is 0 Å². The van der Waals surface area contributed by atoms with Gasteiger partial charge in [-0.25, -0.2) is 0 Å². The van der Waals surface area contributed by atoms with E-state index in [0.717, 1.165) is 5.75 Å². The molecule has 1 rings (SSSR count). The van der Waals surface area contributed by atoms with Gasteiger partial charge in [0.1, 0.15) is 35.4 Å². The SMILES string of the molecule is IOCCOCCOc1ccccc1. The molecule has 78 valence electrons. The van der Waals surface area contributed by atoms with Gasteiger partial charge in [0.25, 0.3) is 0 Å². The van der Waals surface area contributed by atoms with E-state index in [-0.39, 0.29) is 0 Å². The van der Waals surface area contributed by atoms with Crippen molar-refractivity contribution in [3.8, 4) is 5.75 Å². The molecular weight excluding hydrogens is 295 g/mol. The molecule has 0 N–H and O–H groups in total. The lowest BCUT2D eigenvalue weighted by Gasteiger charge is -2.05. The molecule has 0 aliphatic carbocycles. The van der Waals surface area contributed by atoms with E-state index in [4.69, 9.17) is 12.5 Å². The maximum atomic E-state index is 5.42. The molecule has 0 atom stereocenters. The van der Waals surface area contributed by atoms with Gasteiger partial charge in [0.2, 0.25) is 0 Å². The molecule has 1 aromatic carbocycles. The summed E-state index contributed by atoms with van der Waals surface area (Å²) in [5.41, 5.74) is 0. The van der Waals surface area contributed by atoms with Crippen LogP contribution >= 0.6 is 23.0 Å². The van der Waals surface area contributed by atoms with Crippen molar-refractivity contribution < 1.29 is 12.5 Å². The van der Waals surface area contributed by atoms with Gasteiger partial charge in [0.15, 0.2) is 0 Å². The minimum Gasteiger partial charge on any atom is -0.491 e. The summed E-state index contributed by atoms with van der Waals surface area (Å²) in [5, 5.41) is 0. The third-order valence-electron chi connectivity index (χ3n) is 1.54. The average Bonchev–Trinajstić information content (AvgIpc) is 2.25. The molecule has 14 heavy (non-hydrogen) atoms. The summed E-state index contributed by atoms with van der Waals surface area (Å²) in [4.78, 5) is 0. The summed E-state index contributed by atoms with van der Waals surface area (Å²) in [6.45, 7) is 2.40. The first-order valence-corrected chi connectivity index (χ1v) is 5.30. The monoisotopic (exact) mass is 308 g/mol. The largest absolute Gasteiger partial charge is 0.491 e. The highest BCUT2D eigenvalue weighted by molar-refractivity contribution is 14.1. The van der Waals surface area contributed by atoms with Crippen LogP contribution in [-0.4, -0.2) is 26.4 Å². The molecule has 0 fully saturated rings. The lowest BCUT2D eigenvalue weighted by Crippen LogP contribution is -2.09. The van der Waals surface area contributed by atoms with Crippen LogP contribution in [-0.2, 0) is 7.80 Å². The van der Waals surface area contributed by atoms with Crippen LogP contribution in [0.15, 0.2) is 30.3 Å². The van der Waals surface area contributed by atoms with E-state index in [9.17, 15) is 0 Å². The van der Waals surface area contributed by atoms with Gasteiger partial charge in [0, 0.05) is 0 Å². The van der Waals surface area contributed by atoms with E-state index in [1.807, 2.05) is 53.3 Å². The summed E-state index contributed by atoms with van der Waals surface area (Å²) in [6, 6.07) is 9.70. The fourth-order valence-corrected chi connectivity index (χ4v) is 1.11. The molecule has 0 heterocycles. The Labute approximate surface area is 98.0 Å². The topological polar surface area (TPSA) is 27.7 Å². The van der Waals surface area contributed by atoms with Crippen molar-refractivity contribution in [2.24, 2.45) is 0 Å². The smallest absolute Gasteiger partial charge is 0.119 e. The Balaban J connectivity index is 1.99. The van der Waals surface area contributed by atoms with E-state index >= 15 is 0 Å². The summed E-state index contributed by atoms with van der Waals surface area (Å²) >= 11 is 1.85. The van der Waals surface area contributed by atoms with E-state index in [1.54, 1.807) is 0 Å².